The number of para-hydroxylation sites is 1. The summed E-state index contributed by atoms with van der Waals surface area (Å²) in [6.45, 7) is 5.33. The molecule has 0 radical (unpaired) electrons. The first-order chi connectivity index (χ1) is 14.7. The number of benzene rings is 2. The third kappa shape index (κ3) is 5.36. The zero-order valence-electron chi connectivity index (χ0n) is 17.5. The van der Waals surface area contributed by atoms with Crippen LogP contribution in [0.5, 0.6) is 5.88 Å². The molecule has 1 aliphatic heterocycles. The van der Waals surface area contributed by atoms with Crippen molar-refractivity contribution in [2.24, 2.45) is 0 Å². The minimum absolute atomic E-state index is 0.0974. The number of likely N-dealkylation sites (tertiary alicyclic amines) is 1. The van der Waals surface area contributed by atoms with E-state index in [0.29, 0.717) is 5.88 Å². The van der Waals surface area contributed by atoms with Gasteiger partial charge in [-0.25, -0.2) is 9.78 Å². The zero-order valence-corrected chi connectivity index (χ0v) is 17.5. The molecule has 4 rings (SSSR count). The van der Waals surface area contributed by atoms with E-state index in [9.17, 15) is 4.79 Å². The summed E-state index contributed by atoms with van der Waals surface area (Å²) in [7, 11) is 0. The van der Waals surface area contributed by atoms with Crippen molar-refractivity contribution in [3.8, 4) is 5.88 Å². The van der Waals surface area contributed by atoms with Crippen molar-refractivity contribution in [3.63, 3.8) is 0 Å². The molecule has 3 aromatic rings. The van der Waals surface area contributed by atoms with E-state index in [4.69, 9.17) is 4.74 Å². The number of fused-ring (bicyclic) bond motifs is 1. The molecular formula is C25H29N3O2. The Balaban J connectivity index is 1.44. The van der Waals surface area contributed by atoms with E-state index in [2.05, 4.69) is 40.3 Å². The van der Waals surface area contributed by atoms with E-state index in [-0.39, 0.29) is 6.04 Å². The molecule has 1 aromatic heterocycles. The van der Waals surface area contributed by atoms with Crippen LogP contribution in [0.4, 0.5) is 4.79 Å². The molecule has 30 heavy (non-hydrogen) atoms. The summed E-state index contributed by atoms with van der Waals surface area (Å²) in [4.78, 5) is 19.6. The highest BCUT2D eigenvalue weighted by Gasteiger charge is 2.19. The topological polar surface area (TPSA) is 54.5 Å². The molecule has 5 heteroatoms. The summed E-state index contributed by atoms with van der Waals surface area (Å²) >= 11 is 0. The second-order valence-corrected chi connectivity index (χ2v) is 8.03. The highest BCUT2D eigenvalue weighted by molar-refractivity contribution is 5.79. The molecule has 1 N–H and O–H groups in total. The molecule has 2 aromatic carbocycles. The first-order valence-corrected chi connectivity index (χ1v) is 10.8. The van der Waals surface area contributed by atoms with Crippen molar-refractivity contribution in [1.29, 1.82) is 0 Å². The number of ether oxygens (including phenoxy) is 1. The summed E-state index contributed by atoms with van der Waals surface area (Å²) in [6, 6.07) is 19.7. The molecule has 1 atom stereocenters. The highest BCUT2D eigenvalue weighted by atomic mass is 16.6. The largest absolute Gasteiger partial charge is 0.414 e. The quantitative estimate of drug-likeness (QED) is 0.611. The maximum Gasteiger partial charge on any atom is 0.414 e. The fourth-order valence-electron chi connectivity index (χ4n) is 4.07. The SMILES string of the molecule is Cc1cccc(C(CCN2CCCCC2)NC(=O)Oc2ccc3ccccc3n2)c1. The van der Waals surface area contributed by atoms with Crippen LogP contribution >= 0.6 is 0 Å². The van der Waals surface area contributed by atoms with Crippen LogP contribution in [0.1, 0.15) is 42.9 Å². The Morgan fingerprint density at radius 1 is 1.07 bits per heavy atom. The number of rotatable bonds is 6. The standard InChI is InChI=1S/C25H29N3O2/c1-19-8-7-10-21(18-19)23(14-17-28-15-5-2-6-16-28)27-25(29)30-24-13-12-20-9-3-4-11-22(20)26-24/h3-4,7-13,18,23H,2,5-6,14-17H2,1H3,(H,27,29). The van der Waals surface area contributed by atoms with Crippen molar-refractivity contribution < 1.29 is 9.53 Å². The van der Waals surface area contributed by atoms with Crippen molar-refractivity contribution in [1.82, 2.24) is 15.2 Å². The van der Waals surface area contributed by atoms with E-state index < -0.39 is 6.09 Å². The summed E-state index contributed by atoms with van der Waals surface area (Å²) < 4.78 is 5.52. The van der Waals surface area contributed by atoms with Crippen LogP contribution in [0.3, 0.4) is 0 Å². The molecule has 0 bridgehead atoms. The van der Waals surface area contributed by atoms with E-state index in [1.807, 2.05) is 36.4 Å². The van der Waals surface area contributed by atoms with Crippen LogP contribution in [0.15, 0.2) is 60.7 Å². The molecule has 1 amide bonds. The van der Waals surface area contributed by atoms with Crippen molar-refractivity contribution in [3.05, 3.63) is 71.8 Å². The van der Waals surface area contributed by atoms with Crippen LogP contribution < -0.4 is 10.1 Å². The Bertz CT molecular complexity index is 998. The number of nitrogens with zero attached hydrogens (tertiary/aromatic N) is 2. The summed E-state index contributed by atoms with van der Waals surface area (Å²) in [6.07, 6.45) is 4.23. The van der Waals surface area contributed by atoms with E-state index in [1.165, 1.54) is 24.8 Å². The van der Waals surface area contributed by atoms with Crippen LogP contribution in [0.2, 0.25) is 0 Å². The predicted molar refractivity (Wildman–Crippen MR) is 120 cm³/mol. The fraction of sp³-hybridized carbons (Fsp3) is 0.360. The maximum absolute atomic E-state index is 12.7. The molecule has 1 saturated heterocycles. The van der Waals surface area contributed by atoms with Gasteiger partial charge in [0.25, 0.3) is 0 Å². The molecule has 1 fully saturated rings. The zero-order chi connectivity index (χ0) is 20.8. The maximum atomic E-state index is 12.7. The number of amides is 1. The highest BCUT2D eigenvalue weighted by Crippen LogP contribution is 2.21. The molecule has 1 aliphatic rings. The van der Waals surface area contributed by atoms with Gasteiger partial charge in [-0.1, -0.05) is 54.4 Å². The fourth-order valence-corrected chi connectivity index (χ4v) is 4.07. The van der Waals surface area contributed by atoms with Gasteiger partial charge in [-0.3, -0.25) is 0 Å². The van der Waals surface area contributed by atoms with Crippen molar-refractivity contribution >= 4 is 17.0 Å². The van der Waals surface area contributed by atoms with Crippen molar-refractivity contribution in [2.45, 2.75) is 38.6 Å². The minimum atomic E-state index is -0.470. The molecule has 0 aliphatic carbocycles. The molecule has 156 valence electrons. The predicted octanol–water partition coefficient (Wildman–Crippen LogP) is 5.25. The first kappa shape index (κ1) is 20.4. The van der Waals surface area contributed by atoms with Gasteiger partial charge in [0.1, 0.15) is 0 Å². The van der Waals surface area contributed by atoms with Gasteiger partial charge in [-0.05, 0) is 57.0 Å². The van der Waals surface area contributed by atoms with Gasteiger partial charge < -0.3 is 15.0 Å². The molecular weight excluding hydrogens is 374 g/mol. The number of nitrogens with one attached hydrogen (secondary N) is 1. The van der Waals surface area contributed by atoms with Gasteiger partial charge in [0, 0.05) is 18.0 Å². The third-order valence-electron chi connectivity index (χ3n) is 5.69. The Morgan fingerprint density at radius 3 is 2.73 bits per heavy atom. The number of piperidine rings is 1. The number of aromatic nitrogens is 1. The first-order valence-electron chi connectivity index (χ1n) is 10.8. The van der Waals surface area contributed by atoms with Gasteiger partial charge in [-0.15, -0.1) is 0 Å². The Hall–Kier alpha value is -2.92. The number of hydrogen-bond acceptors (Lipinski definition) is 4. The normalized spacial score (nSPS) is 15.6. The minimum Gasteiger partial charge on any atom is -0.391 e. The number of hydrogen-bond donors (Lipinski definition) is 1. The number of carbonyl (C=O) groups is 1. The third-order valence-corrected chi connectivity index (χ3v) is 5.69. The molecule has 1 unspecified atom stereocenters. The van der Waals surface area contributed by atoms with E-state index >= 15 is 0 Å². The summed E-state index contributed by atoms with van der Waals surface area (Å²) in [5.41, 5.74) is 3.10. The van der Waals surface area contributed by atoms with Crippen LogP contribution in [-0.4, -0.2) is 35.6 Å². The van der Waals surface area contributed by atoms with E-state index in [1.54, 1.807) is 6.07 Å². The molecule has 2 heterocycles. The lowest BCUT2D eigenvalue weighted by Gasteiger charge is -2.28. The lowest BCUT2D eigenvalue weighted by Crippen LogP contribution is -2.36. The lowest BCUT2D eigenvalue weighted by molar-refractivity contribution is 0.187. The van der Waals surface area contributed by atoms with Gasteiger partial charge in [-0.2, -0.15) is 0 Å². The van der Waals surface area contributed by atoms with Gasteiger partial charge in [0.15, 0.2) is 0 Å². The molecule has 0 saturated carbocycles. The average Bonchev–Trinajstić information content (AvgIpc) is 2.77. The Labute approximate surface area is 178 Å². The number of pyridine rings is 1. The Morgan fingerprint density at radius 2 is 1.90 bits per heavy atom. The molecule has 0 spiro atoms. The van der Waals surface area contributed by atoms with Gasteiger partial charge in [0.05, 0.1) is 11.6 Å². The monoisotopic (exact) mass is 403 g/mol. The smallest absolute Gasteiger partial charge is 0.391 e. The van der Waals surface area contributed by atoms with Crippen LogP contribution in [-0.2, 0) is 0 Å². The second-order valence-electron chi connectivity index (χ2n) is 8.03. The summed E-state index contributed by atoms with van der Waals surface area (Å²) in [5.74, 6) is 0.310. The number of aryl methyl sites for hydroxylation is 1. The summed E-state index contributed by atoms with van der Waals surface area (Å²) in [5, 5.41) is 4.09. The van der Waals surface area contributed by atoms with Crippen LogP contribution in [0, 0.1) is 6.92 Å². The van der Waals surface area contributed by atoms with E-state index in [0.717, 1.165) is 42.5 Å². The Kier molecular flexibility index (Phi) is 6.60. The number of carbonyl (C=O) groups excluding carboxylic acids is 1. The average molecular weight is 404 g/mol. The second kappa shape index (κ2) is 9.72. The van der Waals surface area contributed by atoms with Gasteiger partial charge >= 0.3 is 6.09 Å². The van der Waals surface area contributed by atoms with Crippen LogP contribution in [0.25, 0.3) is 10.9 Å². The van der Waals surface area contributed by atoms with Crippen molar-refractivity contribution in [2.75, 3.05) is 19.6 Å². The van der Waals surface area contributed by atoms with Gasteiger partial charge in [0.2, 0.25) is 5.88 Å². The molecule has 5 nitrogen and oxygen atoms in total. The lowest BCUT2D eigenvalue weighted by atomic mass is 10.0.